The molecular weight excluding hydrogens is 439 g/mol. The number of nitrogens with zero attached hydrogens (tertiary/aromatic N) is 1. The minimum atomic E-state index is -0.722. The molecule has 0 aliphatic carbocycles. The number of hydrogen-bond donors (Lipinski definition) is 3. The number of halogens is 1. The molecule has 1 aliphatic heterocycles. The molecule has 3 N–H and O–H groups in total. The average molecular weight is 473 g/mol. The van der Waals surface area contributed by atoms with E-state index < -0.39 is 17.8 Å². The second kappa shape index (κ2) is 11.6. The average Bonchev–Trinajstić information content (AvgIpc) is 2.78. The van der Waals surface area contributed by atoms with Crippen molar-refractivity contribution < 1.29 is 14.0 Å². The molecule has 2 amide bonds. The fourth-order valence-corrected chi connectivity index (χ4v) is 4.29. The van der Waals surface area contributed by atoms with Gasteiger partial charge in [-0.3, -0.25) is 9.59 Å². The van der Waals surface area contributed by atoms with Gasteiger partial charge in [-0.05, 0) is 63.4 Å². The van der Waals surface area contributed by atoms with Crippen LogP contribution in [0, 0.1) is 5.82 Å². The van der Waals surface area contributed by atoms with Gasteiger partial charge in [-0.2, -0.15) is 0 Å². The topological polar surface area (TPSA) is 73.5 Å². The summed E-state index contributed by atoms with van der Waals surface area (Å²) in [4.78, 5) is 25.9. The number of nitrogens with one attached hydrogen (secondary N) is 3. The second-order valence-electron chi connectivity index (χ2n) is 9.38. The molecule has 1 saturated heterocycles. The summed E-state index contributed by atoms with van der Waals surface area (Å²) in [6.45, 7) is 8.11. The highest BCUT2D eigenvalue weighted by molar-refractivity contribution is 7.95. The van der Waals surface area contributed by atoms with Gasteiger partial charge >= 0.3 is 0 Å². The smallest absolute Gasteiger partial charge is 0.251 e. The van der Waals surface area contributed by atoms with Crippen molar-refractivity contribution in [3.8, 4) is 0 Å². The lowest BCUT2D eigenvalue weighted by atomic mass is 10.0. The zero-order valence-electron chi connectivity index (χ0n) is 19.4. The number of piperidine rings is 1. The molecule has 0 spiro atoms. The normalized spacial score (nSPS) is 16.2. The van der Waals surface area contributed by atoms with Crippen LogP contribution in [-0.4, -0.2) is 46.8 Å². The quantitative estimate of drug-likeness (QED) is 0.511. The summed E-state index contributed by atoms with van der Waals surface area (Å²) in [5.74, 6) is -1.01. The third-order valence-corrected chi connectivity index (χ3v) is 6.62. The van der Waals surface area contributed by atoms with E-state index in [0.29, 0.717) is 12.0 Å². The zero-order valence-corrected chi connectivity index (χ0v) is 20.3. The molecule has 3 rings (SSSR count). The maximum Gasteiger partial charge on any atom is 0.251 e. The molecule has 2 aromatic rings. The van der Waals surface area contributed by atoms with Crippen molar-refractivity contribution in [2.24, 2.45) is 0 Å². The predicted octanol–water partition coefficient (Wildman–Crippen LogP) is 3.70. The minimum absolute atomic E-state index is 0.0309. The summed E-state index contributed by atoms with van der Waals surface area (Å²) in [6.07, 6.45) is 2.06. The van der Waals surface area contributed by atoms with Crippen LogP contribution in [0.15, 0.2) is 54.6 Å². The van der Waals surface area contributed by atoms with Crippen molar-refractivity contribution in [2.45, 2.75) is 57.7 Å². The van der Waals surface area contributed by atoms with Gasteiger partial charge in [0.2, 0.25) is 5.91 Å². The Kier molecular flexibility index (Phi) is 8.88. The lowest BCUT2D eigenvalue weighted by Crippen LogP contribution is -2.52. The largest absolute Gasteiger partial charge is 0.351 e. The highest BCUT2D eigenvalue weighted by Gasteiger charge is 2.27. The van der Waals surface area contributed by atoms with Gasteiger partial charge < -0.3 is 10.6 Å². The van der Waals surface area contributed by atoms with Crippen molar-refractivity contribution in [2.75, 3.05) is 13.1 Å². The Morgan fingerprint density at radius 2 is 1.70 bits per heavy atom. The fourth-order valence-electron chi connectivity index (χ4n) is 3.50. The molecule has 8 heteroatoms. The maximum atomic E-state index is 13.2. The van der Waals surface area contributed by atoms with E-state index in [9.17, 15) is 14.0 Å². The Balaban J connectivity index is 1.59. The predicted molar refractivity (Wildman–Crippen MR) is 131 cm³/mol. The lowest BCUT2D eigenvalue weighted by Gasteiger charge is -2.33. The summed E-state index contributed by atoms with van der Waals surface area (Å²) in [5, 5.41) is 5.97. The first kappa shape index (κ1) is 25.2. The van der Waals surface area contributed by atoms with Crippen LogP contribution >= 0.6 is 12.1 Å². The van der Waals surface area contributed by atoms with E-state index in [-0.39, 0.29) is 17.5 Å². The molecule has 2 aromatic carbocycles. The first-order valence-electron chi connectivity index (χ1n) is 11.3. The van der Waals surface area contributed by atoms with Crippen LogP contribution in [0.1, 0.15) is 49.5 Å². The summed E-state index contributed by atoms with van der Waals surface area (Å²) in [7, 11) is 0. The summed E-state index contributed by atoms with van der Waals surface area (Å²) in [6, 6.07) is 14.2. The van der Waals surface area contributed by atoms with Crippen LogP contribution in [0.2, 0.25) is 0 Å². The maximum absolute atomic E-state index is 13.2. The van der Waals surface area contributed by atoms with E-state index in [1.165, 1.54) is 24.3 Å². The molecule has 0 saturated carbocycles. The molecule has 6 nitrogen and oxygen atoms in total. The highest BCUT2D eigenvalue weighted by atomic mass is 32.2. The number of carbonyl (C=O) groups is 2. The van der Waals surface area contributed by atoms with Gasteiger partial charge in [-0.25, -0.2) is 13.4 Å². The van der Waals surface area contributed by atoms with Gasteiger partial charge in [0, 0.05) is 48.8 Å². The molecule has 1 aliphatic rings. The molecule has 1 fully saturated rings. The monoisotopic (exact) mass is 472 g/mol. The molecular formula is C25H33FN4O2S. The molecule has 1 heterocycles. The third-order valence-electron chi connectivity index (χ3n) is 5.29. The Morgan fingerprint density at radius 3 is 2.30 bits per heavy atom. The van der Waals surface area contributed by atoms with Crippen molar-refractivity contribution in [1.82, 2.24) is 19.7 Å². The number of amides is 2. The highest BCUT2D eigenvalue weighted by Crippen LogP contribution is 2.19. The molecule has 178 valence electrons. The van der Waals surface area contributed by atoms with Crippen molar-refractivity contribution >= 4 is 23.9 Å². The fraction of sp³-hybridized carbons (Fsp3) is 0.440. The van der Waals surface area contributed by atoms with Gasteiger partial charge in [0.25, 0.3) is 5.91 Å². The van der Waals surface area contributed by atoms with E-state index in [2.05, 4.69) is 40.4 Å². The molecule has 0 bridgehead atoms. The summed E-state index contributed by atoms with van der Waals surface area (Å²) < 4.78 is 18.9. The lowest BCUT2D eigenvalue weighted by molar-refractivity contribution is -0.123. The second-order valence-corrected chi connectivity index (χ2v) is 10.3. The Morgan fingerprint density at radius 1 is 1.06 bits per heavy atom. The van der Waals surface area contributed by atoms with Gasteiger partial charge in [0.05, 0.1) is 0 Å². The third kappa shape index (κ3) is 8.46. The van der Waals surface area contributed by atoms with Crippen molar-refractivity contribution in [3.63, 3.8) is 0 Å². The van der Waals surface area contributed by atoms with Crippen LogP contribution in [0.3, 0.4) is 0 Å². The van der Waals surface area contributed by atoms with Crippen LogP contribution < -0.4 is 15.4 Å². The minimum Gasteiger partial charge on any atom is -0.351 e. The van der Waals surface area contributed by atoms with Crippen LogP contribution in [0.25, 0.3) is 0 Å². The number of rotatable bonds is 8. The van der Waals surface area contributed by atoms with Crippen molar-refractivity contribution in [3.05, 3.63) is 71.5 Å². The summed E-state index contributed by atoms with van der Waals surface area (Å²) >= 11 is 1.63. The van der Waals surface area contributed by atoms with Gasteiger partial charge in [-0.15, -0.1) is 0 Å². The molecule has 33 heavy (non-hydrogen) atoms. The molecule has 0 aromatic heterocycles. The van der Waals surface area contributed by atoms with Crippen LogP contribution in [-0.2, 0) is 11.2 Å². The molecule has 1 atom stereocenters. The number of hydrogen-bond acceptors (Lipinski definition) is 5. The van der Waals surface area contributed by atoms with E-state index in [1.807, 2.05) is 30.3 Å². The zero-order chi connectivity index (χ0) is 23.8. The standard InChI is InChI=1S/C25H33FN4O2S/c1-25(2,3)29-33-30-15-13-21(14-16-30)27-24(32)22(17-18-7-5-4-6-8-18)28-23(31)19-9-11-20(26)12-10-19/h4-12,21-22,29H,13-17H2,1-3H3,(H,27,32)(H,28,31). The number of carbonyl (C=O) groups excluding carboxylic acids is 2. The van der Waals surface area contributed by atoms with E-state index in [4.69, 9.17) is 0 Å². The van der Waals surface area contributed by atoms with Gasteiger partial charge in [0.15, 0.2) is 0 Å². The van der Waals surface area contributed by atoms with Crippen molar-refractivity contribution in [1.29, 1.82) is 0 Å². The molecule has 1 unspecified atom stereocenters. The van der Waals surface area contributed by atoms with Gasteiger partial charge in [0.1, 0.15) is 11.9 Å². The van der Waals surface area contributed by atoms with E-state index in [0.717, 1.165) is 31.5 Å². The first-order valence-corrected chi connectivity index (χ1v) is 12.1. The van der Waals surface area contributed by atoms with E-state index in [1.54, 1.807) is 12.1 Å². The van der Waals surface area contributed by atoms with E-state index >= 15 is 0 Å². The van der Waals surface area contributed by atoms with Gasteiger partial charge in [-0.1, -0.05) is 30.3 Å². The Labute approximate surface area is 200 Å². The van der Waals surface area contributed by atoms with Crippen LogP contribution in [0.4, 0.5) is 4.39 Å². The Bertz CT molecular complexity index is 910. The summed E-state index contributed by atoms with van der Waals surface area (Å²) in [5.41, 5.74) is 1.30. The SMILES string of the molecule is CC(C)(C)NSN1CCC(NC(=O)C(Cc2ccccc2)NC(=O)c2ccc(F)cc2)CC1. The first-order chi connectivity index (χ1) is 15.7. The number of benzene rings is 2. The molecule has 0 radical (unpaired) electrons. The Hall–Kier alpha value is -2.42. The van der Waals surface area contributed by atoms with Crippen LogP contribution in [0.5, 0.6) is 0 Å².